The molecule has 6 nitrogen and oxygen atoms in total. The van der Waals surface area contributed by atoms with Gasteiger partial charge in [-0.25, -0.2) is 9.97 Å². The Labute approximate surface area is 425 Å². The maximum absolute atomic E-state index is 6.33. The van der Waals surface area contributed by atoms with Crippen LogP contribution in [-0.4, -0.2) is 72.1 Å². The van der Waals surface area contributed by atoms with Crippen LogP contribution < -0.4 is 9.80 Å². The van der Waals surface area contributed by atoms with Gasteiger partial charge in [0.25, 0.3) is 0 Å². The van der Waals surface area contributed by atoms with Gasteiger partial charge in [0.2, 0.25) is 0 Å². The Morgan fingerprint density at radius 1 is 0.456 bits per heavy atom. The lowest BCUT2D eigenvalue weighted by molar-refractivity contribution is 0.162. The van der Waals surface area contributed by atoms with Crippen LogP contribution in [-0.2, 0) is 0 Å². The molecule has 0 N–H and O–H groups in total. The van der Waals surface area contributed by atoms with E-state index in [9.17, 15) is 0 Å². The number of nitrogens with zero attached hydrogens (tertiary/aromatic N) is 6. The van der Waals surface area contributed by atoms with E-state index in [1.54, 1.807) is 0 Å². The lowest BCUT2D eigenvalue weighted by Gasteiger charge is -2.40. The van der Waals surface area contributed by atoms with Crippen molar-refractivity contribution >= 4 is 81.2 Å². The highest BCUT2D eigenvalue weighted by atomic mass is 35.5. The fraction of sp³-hybridized carbons (Fsp3) is 0.276. The maximum atomic E-state index is 6.33. The fourth-order valence-electron chi connectivity index (χ4n) is 10.1. The predicted molar refractivity (Wildman–Crippen MR) is 295 cm³/mol. The molecule has 8 aromatic rings. The Morgan fingerprint density at radius 2 is 0.779 bits per heavy atom. The zero-order valence-electron chi connectivity index (χ0n) is 39.4. The topological polar surface area (TPSA) is 38.7 Å². The number of pyridine rings is 2. The highest BCUT2D eigenvalue weighted by molar-refractivity contribution is 6.31. The van der Waals surface area contributed by atoms with Crippen LogP contribution in [0.25, 0.3) is 44.3 Å². The first-order chi connectivity index (χ1) is 32.2. The smallest absolute Gasteiger partial charge is 0.0745 e. The van der Waals surface area contributed by atoms with Gasteiger partial charge in [0.15, 0.2) is 0 Å². The summed E-state index contributed by atoms with van der Waals surface area (Å²) in [5.74, 6) is 0. The lowest BCUT2D eigenvalue weighted by Crippen LogP contribution is -2.44. The normalized spacial score (nSPS) is 15.6. The first-order valence-corrected chi connectivity index (χ1v) is 24.3. The van der Waals surface area contributed by atoms with Gasteiger partial charge in [-0.1, -0.05) is 145 Å². The van der Waals surface area contributed by atoms with Crippen molar-refractivity contribution in [3.8, 4) is 22.5 Å². The molecule has 4 heterocycles. The Bertz CT molecular complexity index is 2640. The summed E-state index contributed by atoms with van der Waals surface area (Å²) in [6.45, 7) is 9.06. The second-order valence-electron chi connectivity index (χ2n) is 18.0. The summed E-state index contributed by atoms with van der Waals surface area (Å²) in [6, 6.07) is 61.0. The van der Waals surface area contributed by atoms with Gasteiger partial charge in [0.1, 0.15) is 0 Å². The molecule has 2 fully saturated rings. The Hall–Kier alpha value is -5.18. The highest BCUT2D eigenvalue weighted by Gasteiger charge is 2.29. The van der Waals surface area contributed by atoms with Crippen molar-refractivity contribution in [2.75, 3.05) is 50.1 Å². The van der Waals surface area contributed by atoms with Crippen molar-refractivity contribution in [1.29, 1.82) is 0 Å². The van der Waals surface area contributed by atoms with E-state index in [1.807, 2.05) is 36.4 Å². The second kappa shape index (κ2) is 23.4. The first-order valence-electron chi connectivity index (χ1n) is 23.6. The van der Waals surface area contributed by atoms with E-state index >= 15 is 0 Å². The molecular formula is C58H62Cl4N6. The number of hydrogen-bond acceptors (Lipinski definition) is 6. The average Bonchev–Trinajstić information content (AvgIpc) is 3.38. The summed E-state index contributed by atoms with van der Waals surface area (Å²) in [6.07, 6.45) is 4.58. The van der Waals surface area contributed by atoms with Gasteiger partial charge in [0.05, 0.1) is 22.4 Å². The number of halogens is 4. The van der Waals surface area contributed by atoms with Crippen LogP contribution in [0.5, 0.6) is 0 Å². The molecule has 0 amide bonds. The minimum absolute atomic E-state index is 0. The molecule has 2 aromatic heterocycles. The van der Waals surface area contributed by atoms with Gasteiger partial charge >= 0.3 is 0 Å². The molecule has 2 atom stereocenters. The number of anilines is 2. The maximum Gasteiger partial charge on any atom is 0.0745 e. The molecule has 2 saturated heterocycles. The van der Waals surface area contributed by atoms with Crippen molar-refractivity contribution in [2.24, 2.45) is 0 Å². The van der Waals surface area contributed by atoms with E-state index in [-0.39, 0.29) is 24.8 Å². The molecule has 68 heavy (non-hydrogen) atoms. The zero-order valence-corrected chi connectivity index (χ0v) is 42.5. The number of fused-ring (bicyclic) bond motifs is 2. The molecule has 0 bridgehead atoms. The molecular weight excluding hydrogens is 922 g/mol. The summed E-state index contributed by atoms with van der Waals surface area (Å²) in [4.78, 5) is 20.0. The molecule has 10 rings (SSSR count). The third-order valence-corrected chi connectivity index (χ3v) is 14.6. The number of hydrogen-bond donors (Lipinski definition) is 0. The molecule has 0 spiro atoms. The monoisotopic (exact) mass is 982 g/mol. The average molecular weight is 985 g/mol. The van der Waals surface area contributed by atoms with E-state index in [0.29, 0.717) is 24.2 Å². The number of likely N-dealkylation sites (tertiary alicyclic amines) is 2. The molecule has 352 valence electrons. The van der Waals surface area contributed by atoms with Crippen LogP contribution in [0.15, 0.2) is 170 Å². The number of aromatic nitrogens is 2. The van der Waals surface area contributed by atoms with Crippen molar-refractivity contribution in [1.82, 2.24) is 19.8 Å². The van der Waals surface area contributed by atoms with E-state index in [1.165, 1.54) is 22.5 Å². The Morgan fingerprint density at radius 3 is 1.12 bits per heavy atom. The van der Waals surface area contributed by atoms with Crippen LogP contribution in [0.2, 0.25) is 10.0 Å². The van der Waals surface area contributed by atoms with Crippen molar-refractivity contribution in [2.45, 2.75) is 63.7 Å². The predicted octanol–water partition coefficient (Wildman–Crippen LogP) is 15.3. The quantitative estimate of drug-likeness (QED) is 0.136. The Kier molecular flexibility index (Phi) is 17.5. The van der Waals surface area contributed by atoms with E-state index in [4.69, 9.17) is 33.2 Å². The van der Waals surface area contributed by atoms with Crippen LogP contribution in [0.4, 0.5) is 11.4 Å². The summed E-state index contributed by atoms with van der Waals surface area (Å²) < 4.78 is 0. The minimum atomic E-state index is 0. The SMILES string of the molecule is CC(c1ccccc1)N1CCC(N(C)c2cc(-c3ccccc3)nc3cc(Cl)ccc23)CC1.CC(c1ccccc1)N1CCC(N(C)c2cc(-c3ccccc3)nc3cc(Cl)ccc23)CC1.Cl.Cl. The highest BCUT2D eigenvalue weighted by Crippen LogP contribution is 2.37. The van der Waals surface area contributed by atoms with E-state index in [0.717, 1.165) is 106 Å². The number of rotatable bonds is 10. The fourth-order valence-corrected chi connectivity index (χ4v) is 10.4. The van der Waals surface area contributed by atoms with Gasteiger partial charge in [0, 0.05) is 108 Å². The van der Waals surface area contributed by atoms with Crippen molar-refractivity contribution < 1.29 is 0 Å². The van der Waals surface area contributed by atoms with Gasteiger partial charge < -0.3 is 9.80 Å². The largest absolute Gasteiger partial charge is 0.371 e. The lowest BCUT2D eigenvalue weighted by atomic mass is 9.98. The molecule has 10 heteroatoms. The van der Waals surface area contributed by atoms with Gasteiger partial charge in [-0.3, -0.25) is 9.80 Å². The molecule has 2 aliphatic rings. The first kappa shape index (κ1) is 50.7. The van der Waals surface area contributed by atoms with E-state index in [2.05, 4.69) is 181 Å². The van der Waals surface area contributed by atoms with Crippen molar-refractivity contribution in [3.05, 3.63) is 191 Å². The summed E-state index contributed by atoms with van der Waals surface area (Å²) in [7, 11) is 4.47. The summed E-state index contributed by atoms with van der Waals surface area (Å²) in [5.41, 5.74) is 11.4. The van der Waals surface area contributed by atoms with Crippen LogP contribution in [0.1, 0.15) is 62.7 Å². The zero-order chi connectivity index (χ0) is 45.6. The van der Waals surface area contributed by atoms with Gasteiger partial charge in [-0.05, 0) is 99.2 Å². The number of piperidine rings is 2. The van der Waals surface area contributed by atoms with Crippen molar-refractivity contribution in [3.63, 3.8) is 0 Å². The standard InChI is InChI=1S/2C29H30ClN3.2ClH/c2*1-21(22-9-5-3-6-10-22)33-17-15-25(16-18-33)32(2)29-20-27(23-11-7-4-8-12-23)31-28-19-24(30)13-14-26(28)29;;/h2*3-14,19-21,25H,15-18H2,1-2H3;2*1H. The van der Waals surface area contributed by atoms with Crippen LogP contribution >= 0.6 is 48.0 Å². The van der Waals surface area contributed by atoms with Crippen LogP contribution in [0, 0.1) is 0 Å². The molecule has 0 aliphatic carbocycles. The summed E-state index contributed by atoms with van der Waals surface area (Å²) in [5, 5.41) is 3.75. The molecule has 2 aliphatic heterocycles. The molecule has 0 radical (unpaired) electrons. The second-order valence-corrected chi connectivity index (χ2v) is 18.9. The van der Waals surface area contributed by atoms with Crippen LogP contribution in [0.3, 0.4) is 0 Å². The Balaban J connectivity index is 0.000000196. The molecule has 2 unspecified atom stereocenters. The minimum Gasteiger partial charge on any atom is -0.371 e. The third-order valence-electron chi connectivity index (χ3n) is 14.2. The third kappa shape index (κ3) is 11.6. The van der Waals surface area contributed by atoms with Gasteiger partial charge in [-0.15, -0.1) is 24.8 Å². The molecule has 0 saturated carbocycles. The van der Waals surface area contributed by atoms with Gasteiger partial charge in [-0.2, -0.15) is 0 Å². The van der Waals surface area contributed by atoms with E-state index < -0.39 is 0 Å². The molecule has 6 aromatic carbocycles. The number of benzene rings is 6. The summed E-state index contributed by atoms with van der Waals surface area (Å²) >= 11 is 12.7.